The molecule has 0 aromatic carbocycles. The first-order chi connectivity index (χ1) is 12.0. The van der Waals surface area contributed by atoms with E-state index in [0.29, 0.717) is 34.9 Å². The van der Waals surface area contributed by atoms with Crippen molar-refractivity contribution in [2.75, 3.05) is 0 Å². The Morgan fingerprint density at radius 3 is 2.72 bits per heavy atom. The average Bonchev–Trinajstić information content (AvgIpc) is 3.29. The molecular formula is C18H26N4O2S. The monoisotopic (exact) mass is 362 g/mol. The summed E-state index contributed by atoms with van der Waals surface area (Å²) in [6.07, 6.45) is 4.59. The highest BCUT2D eigenvalue weighted by Crippen LogP contribution is 2.40. The number of aromatic nitrogens is 2. The zero-order valence-electron chi connectivity index (χ0n) is 14.7. The van der Waals surface area contributed by atoms with Gasteiger partial charge in [0.2, 0.25) is 5.91 Å². The third-order valence-corrected chi connectivity index (χ3v) is 6.95. The minimum Gasteiger partial charge on any atom is -0.353 e. The Hall–Kier alpha value is -1.34. The molecular weight excluding hydrogens is 336 g/mol. The highest BCUT2D eigenvalue weighted by Gasteiger charge is 2.36. The molecule has 1 amide bonds. The summed E-state index contributed by atoms with van der Waals surface area (Å²) in [6.45, 7) is 4.28. The van der Waals surface area contributed by atoms with Gasteiger partial charge in [0.15, 0.2) is 0 Å². The number of aromatic amines is 1. The molecule has 136 valence electrons. The first kappa shape index (κ1) is 17.1. The Bertz CT molecular complexity index is 711. The van der Waals surface area contributed by atoms with Crippen LogP contribution in [0.3, 0.4) is 0 Å². The van der Waals surface area contributed by atoms with E-state index >= 15 is 0 Å². The molecule has 3 atom stereocenters. The maximum atomic E-state index is 12.3. The number of hydrogen-bond donors (Lipinski definition) is 3. The van der Waals surface area contributed by atoms with Crippen LogP contribution in [0.25, 0.3) is 0 Å². The van der Waals surface area contributed by atoms with Crippen molar-refractivity contribution in [3.63, 3.8) is 0 Å². The molecule has 2 aliphatic carbocycles. The normalized spacial score (nSPS) is 34.6. The number of hydrogen-bond acceptors (Lipinski definition) is 5. The van der Waals surface area contributed by atoms with Crippen LogP contribution >= 0.6 is 11.8 Å². The van der Waals surface area contributed by atoms with E-state index in [9.17, 15) is 9.59 Å². The second kappa shape index (κ2) is 6.76. The van der Waals surface area contributed by atoms with Crippen molar-refractivity contribution in [1.29, 1.82) is 0 Å². The van der Waals surface area contributed by atoms with Gasteiger partial charge in [-0.05, 0) is 39.5 Å². The molecule has 3 N–H and O–H groups in total. The second-order valence-corrected chi connectivity index (χ2v) is 9.32. The molecule has 1 aliphatic heterocycles. The number of carbonyl (C=O) groups is 1. The Morgan fingerprint density at radius 1 is 1.32 bits per heavy atom. The van der Waals surface area contributed by atoms with E-state index in [0.717, 1.165) is 37.2 Å². The van der Waals surface area contributed by atoms with Gasteiger partial charge in [-0.2, -0.15) is 0 Å². The number of nitrogens with zero attached hydrogens (tertiary/aromatic N) is 1. The average molecular weight is 362 g/mol. The number of amides is 1. The maximum Gasteiger partial charge on any atom is 0.251 e. The van der Waals surface area contributed by atoms with Gasteiger partial charge in [-0.3, -0.25) is 9.59 Å². The van der Waals surface area contributed by atoms with Gasteiger partial charge < -0.3 is 15.6 Å². The SMILES string of the molecule is CC1NC(C)C(CC(=O)N[C@H]2C[C@H](c3cc(=O)[nH]c(C4CC4)n3)C2)S1. The first-order valence-corrected chi connectivity index (χ1v) is 10.2. The molecule has 2 heterocycles. The lowest BCUT2D eigenvalue weighted by atomic mass is 9.78. The summed E-state index contributed by atoms with van der Waals surface area (Å²) in [7, 11) is 0. The lowest BCUT2D eigenvalue weighted by Gasteiger charge is -2.35. The number of H-pyrrole nitrogens is 1. The molecule has 1 aromatic heterocycles. The van der Waals surface area contributed by atoms with E-state index in [1.807, 2.05) is 11.8 Å². The highest BCUT2D eigenvalue weighted by molar-refractivity contribution is 8.00. The lowest BCUT2D eigenvalue weighted by molar-refractivity contribution is -0.122. The smallest absolute Gasteiger partial charge is 0.251 e. The zero-order valence-corrected chi connectivity index (χ0v) is 15.6. The van der Waals surface area contributed by atoms with E-state index in [-0.39, 0.29) is 17.5 Å². The van der Waals surface area contributed by atoms with Crippen LogP contribution in [0.15, 0.2) is 10.9 Å². The molecule has 2 saturated carbocycles. The summed E-state index contributed by atoms with van der Waals surface area (Å²) in [5.74, 6) is 1.74. The van der Waals surface area contributed by atoms with Gasteiger partial charge >= 0.3 is 0 Å². The number of carbonyl (C=O) groups excluding carboxylic acids is 1. The Labute approximate surface area is 152 Å². The molecule has 0 spiro atoms. The maximum absolute atomic E-state index is 12.3. The molecule has 1 aromatic rings. The van der Waals surface area contributed by atoms with Gasteiger partial charge in [0.25, 0.3) is 5.56 Å². The zero-order chi connectivity index (χ0) is 17.6. The van der Waals surface area contributed by atoms with E-state index in [1.54, 1.807) is 6.07 Å². The van der Waals surface area contributed by atoms with Crippen molar-refractivity contribution in [3.8, 4) is 0 Å². The van der Waals surface area contributed by atoms with Crippen LogP contribution < -0.4 is 16.2 Å². The molecule has 3 aliphatic rings. The summed E-state index contributed by atoms with van der Waals surface area (Å²) in [5, 5.41) is 7.37. The molecule has 0 radical (unpaired) electrons. The summed E-state index contributed by atoms with van der Waals surface area (Å²) in [5.41, 5.74) is 0.849. The number of rotatable bonds is 5. The topological polar surface area (TPSA) is 86.9 Å². The van der Waals surface area contributed by atoms with Crippen LogP contribution in [0.1, 0.15) is 69.3 Å². The van der Waals surface area contributed by atoms with Crippen LogP contribution in [0.2, 0.25) is 0 Å². The van der Waals surface area contributed by atoms with Crippen LogP contribution in [-0.4, -0.2) is 38.6 Å². The Morgan fingerprint density at radius 2 is 2.08 bits per heavy atom. The minimum atomic E-state index is -0.0479. The fourth-order valence-electron chi connectivity index (χ4n) is 3.82. The summed E-state index contributed by atoms with van der Waals surface area (Å²) in [6, 6.07) is 2.22. The molecule has 3 unspecified atom stereocenters. The molecule has 0 bridgehead atoms. The molecule has 1 saturated heterocycles. The fourth-order valence-corrected chi connectivity index (χ4v) is 5.20. The standard InChI is InChI=1S/C18H26N4O2S/c1-9-15(25-10(2)19-9)8-17(24)20-13-5-12(6-13)14-7-16(23)22-18(21-14)11-3-4-11/h7,9-13,15,19H,3-6,8H2,1-2H3,(H,20,24)(H,21,22,23)/t9?,10?,12-,13-,15?. The minimum absolute atomic E-state index is 0.0479. The fraction of sp³-hybridized carbons (Fsp3) is 0.722. The van der Waals surface area contributed by atoms with Gasteiger partial charge in [0.1, 0.15) is 5.82 Å². The lowest BCUT2D eigenvalue weighted by Crippen LogP contribution is -2.45. The van der Waals surface area contributed by atoms with E-state index in [2.05, 4.69) is 34.4 Å². The number of thioether (sulfide) groups is 1. The predicted octanol–water partition coefficient (Wildman–Crippen LogP) is 1.84. The highest BCUT2D eigenvalue weighted by atomic mass is 32.2. The third kappa shape index (κ3) is 3.92. The molecule has 25 heavy (non-hydrogen) atoms. The number of nitrogens with one attached hydrogen (secondary N) is 3. The Kier molecular flexibility index (Phi) is 4.62. The van der Waals surface area contributed by atoms with Gasteiger partial charge in [-0.1, -0.05) is 0 Å². The van der Waals surface area contributed by atoms with Crippen molar-refractivity contribution < 1.29 is 4.79 Å². The van der Waals surface area contributed by atoms with E-state index in [1.165, 1.54) is 0 Å². The van der Waals surface area contributed by atoms with Gasteiger partial charge in [-0.15, -0.1) is 11.8 Å². The first-order valence-electron chi connectivity index (χ1n) is 9.30. The molecule has 4 rings (SSSR count). The van der Waals surface area contributed by atoms with E-state index in [4.69, 9.17) is 0 Å². The predicted molar refractivity (Wildman–Crippen MR) is 98.8 cm³/mol. The summed E-state index contributed by atoms with van der Waals surface area (Å²) < 4.78 is 0. The molecule has 6 nitrogen and oxygen atoms in total. The van der Waals surface area contributed by atoms with Gasteiger partial charge in [0, 0.05) is 41.7 Å². The third-order valence-electron chi connectivity index (χ3n) is 5.49. The van der Waals surface area contributed by atoms with Crippen LogP contribution in [-0.2, 0) is 4.79 Å². The van der Waals surface area contributed by atoms with Gasteiger partial charge in [-0.25, -0.2) is 4.98 Å². The van der Waals surface area contributed by atoms with Crippen LogP contribution in [0.4, 0.5) is 0 Å². The van der Waals surface area contributed by atoms with E-state index < -0.39 is 0 Å². The van der Waals surface area contributed by atoms with Crippen LogP contribution in [0, 0.1) is 0 Å². The molecule has 7 heteroatoms. The second-order valence-electron chi connectivity index (χ2n) is 7.74. The van der Waals surface area contributed by atoms with Gasteiger partial charge in [0.05, 0.1) is 11.1 Å². The Balaban J connectivity index is 1.28. The van der Waals surface area contributed by atoms with Crippen molar-refractivity contribution >= 4 is 17.7 Å². The van der Waals surface area contributed by atoms with Crippen molar-refractivity contribution in [3.05, 3.63) is 27.9 Å². The van der Waals surface area contributed by atoms with Crippen molar-refractivity contribution in [2.45, 2.75) is 80.5 Å². The summed E-state index contributed by atoms with van der Waals surface area (Å²) >= 11 is 1.84. The van der Waals surface area contributed by atoms with Crippen LogP contribution in [0.5, 0.6) is 0 Å². The quantitative estimate of drug-likeness (QED) is 0.744. The molecule has 3 fully saturated rings. The van der Waals surface area contributed by atoms with Crippen molar-refractivity contribution in [1.82, 2.24) is 20.6 Å². The largest absolute Gasteiger partial charge is 0.353 e. The summed E-state index contributed by atoms with van der Waals surface area (Å²) in [4.78, 5) is 31.6. The van der Waals surface area contributed by atoms with Crippen molar-refractivity contribution in [2.24, 2.45) is 0 Å².